The Hall–Kier alpha value is -1.85. The maximum Gasteiger partial charge on any atom is 0.232 e. The van der Waals surface area contributed by atoms with E-state index in [0.717, 1.165) is 30.6 Å². The van der Waals surface area contributed by atoms with Gasteiger partial charge in [-0.2, -0.15) is 5.10 Å². The third kappa shape index (κ3) is 3.57. The topological polar surface area (TPSA) is 64.2 Å². The summed E-state index contributed by atoms with van der Waals surface area (Å²) in [5.41, 5.74) is 7.74. The highest BCUT2D eigenvalue weighted by molar-refractivity contribution is 6.30. The second-order valence-corrected chi connectivity index (χ2v) is 6.29. The number of hydrogen-bond donors (Lipinski definition) is 1. The van der Waals surface area contributed by atoms with Crippen molar-refractivity contribution in [3.05, 3.63) is 52.8 Å². The van der Waals surface area contributed by atoms with Crippen LogP contribution in [-0.4, -0.2) is 33.7 Å². The summed E-state index contributed by atoms with van der Waals surface area (Å²) in [6.45, 7) is 2.40. The molecule has 0 unspecified atom stereocenters. The van der Waals surface area contributed by atoms with Crippen LogP contribution in [0.5, 0.6) is 0 Å². The SMILES string of the molecule is NCCN(Cc1cccc(Cl)c1)C(=O)[C@@H]1CCCn2nccc21. The van der Waals surface area contributed by atoms with E-state index in [0.29, 0.717) is 24.7 Å². The molecule has 0 radical (unpaired) electrons. The first-order valence-electron chi connectivity index (χ1n) is 7.94. The van der Waals surface area contributed by atoms with Gasteiger partial charge in [0.1, 0.15) is 0 Å². The van der Waals surface area contributed by atoms with Gasteiger partial charge in [0.2, 0.25) is 5.91 Å². The maximum absolute atomic E-state index is 13.0. The summed E-state index contributed by atoms with van der Waals surface area (Å²) >= 11 is 6.05. The molecule has 1 aromatic carbocycles. The molecule has 0 spiro atoms. The molecular formula is C17H21ClN4O. The van der Waals surface area contributed by atoms with Gasteiger partial charge >= 0.3 is 0 Å². The molecule has 23 heavy (non-hydrogen) atoms. The molecule has 0 saturated carbocycles. The van der Waals surface area contributed by atoms with Crippen molar-refractivity contribution in [2.24, 2.45) is 5.73 Å². The second-order valence-electron chi connectivity index (χ2n) is 5.85. The van der Waals surface area contributed by atoms with Crippen LogP contribution in [0.3, 0.4) is 0 Å². The quantitative estimate of drug-likeness (QED) is 0.914. The molecule has 2 N–H and O–H groups in total. The molecule has 1 aromatic heterocycles. The van der Waals surface area contributed by atoms with Gasteiger partial charge in [0.25, 0.3) is 0 Å². The zero-order valence-corrected chi connectivity index (χ0v) is 13.7. The molecule has 1 amide bonds. The average molecular weight is 333 g/mol. The molecule has 1 aliphatic heterocycles. The van der Waals surface area contributed by atoms with Crippen molar-refractivity contribution in [1.82, 2.24) is 14.7 Å². The lowest BCUT2D eigenvalue weighted by Gasteiger charge is -2.30. The van der Waals surface area contributed by atoms with Gasteiger partial charge in [-0.1, -0.05) is 23.7 Å². The van der Waals surface area contributed by atoms with Crippen LogP contribution in [0.4, 0.5) is 0 Å². The van der Waals surface area contributed by atoms with Gasteiger partial charge in [-0.25, -0.2) is 0 Å². The first kappa shape index (κ1) is 16.0. The normalized spacial score (nSPS) is 16.9. The molecule has 1 atom stereocenters. The third-order valence-corrected chi connectivity index (χ3v) is 4.48. The van der Waals surface area contributed by atoms with E-state index in [1.54, 1.807) is 6.20 Å². The van der Waals surface area contributed by atoms with Gasteiger partial charge in [-0.15, -0.1) is 0 Å². The number of halogens is 1. The van der Waals surface area contributed by atoms with Gasteiger partial charge in [0, 0.05) is 37.4 Å². The molecule has 122 valence electrons. The number of nitrogens with two attached hydrogens (primary N) is 1. The Morgan fingerprint density at radius 1 is 1.43 bits per heavy atom. The molecule has 6 heteroatoms. The number of benzene rings is 1. The van der Waals surface area contributed by atoms with Crippen molar-refractivity contribution >= 4 is 17.5 Å². The summed E-state index contributed by atoms with van der Waals surface area (Å²) in [5, 5.41) is 4.97. The summed E-state index contributed by atoms with van der Waals surface area (Å²) in [4.78, 5) is 14.9. The Morgan fingerprint density at radius 3 is 3.09 bits per heavy atom. The van der Waals surface area contributed by atoms with Gasteiger partial charge in [0.05, 0.1) is 11.6 Å². The van der Waals surface area contributed by atoms with E-state index in [1.807, 2.05) is 39.9 Å². The molecule has 0 bridgehead atoms. The average Bonchev–Trinajstić information content (AvgIpc) is 3.02. The second kappa shape index (κ2) is 7.15. The summed E-state index contributed by atoms with van der Waals surface area (Å²) in [6, 6.07) is 9.55. The van der Waals surface area contributed by atoms with E-state index in [9.17, 15) is 4.79 Å². The molecule has 1 aliphatic rings. The van der Waals surface area contributed by atoms with Crippen LogP contribution in [0, 0.1) is 0 Å². The van der Waals surface area contributed by atoms with E-state index in [1.165, 1.54) is 0 Å². The number of carbonyl (C=O) groups is 1. The van der Waals surface area contributed by atoms with Crippen LogP contribution in [0.15, 0.2) is 36.5 Å². The molecule has 2 heterocycles. The molecule has 0 aliphatic carbocycles. The molecule has 0 fully saturated rings. The highest BCUT2D eigenvalue weighted by Crippen LogP contribution is 2.29. The Kier molecular flexibility index (Phi) is 4.98. The predicted molar refractivity (Wildman–Crippen MR) is 90.1 cm³/mol. The number of aryl methyl sites for hydroxylation is 1. The van der Waals surface area contributed by atoms with Gasteiger partial charge in [-0.05, 0) is 36.6 Å². The molecule has 3 rings (SSSR count). The van der Waals surface area contributed by atoms with Gasteiger partial charge in [-0.3, -0.25) is 9.48 Å². The van der Waals surface area contributed by atoms with Crippen molar-refractivity contribution in [3.63, 3.8) is 0 Å². The van der Waals surface area contributed by atoms with Gasteiger partial charge in [0.15, 0.2) is 0 Å². The summed E-state index contributed by atoms with van der Waals surface area (Å²) < 4.78 is 1.94. The van der Waals surface area contributed by atoms with E-state index >= 15 is 0 Å². The first-order valence-corrected chi connectivity index (χ1v) is 8.32. The Labute approximate surface area is 141 Å². The minimum atomic E-state index is -0.128. The van der Waals surface area contributed by atoms with Crippen molar-refractivity contribution in [1.29, 1.82) is 0 Å². The largest absolute Gasteiger partial charge is 0.337 e. The van der Waals surface area contributed by atoms with E-state index in [2.05, 4.69) is 5.10 Å². The van der Waals surface area contributed by atoms with Crippen molar-refractivity contribution in [3.8, 4) is 0 Å². The van der Waals surface area contributed by atoms with Crippen LogP contribution in [0.1, 0.15) is 30.0 Å². The first-order chi connectivity index (χ1) is 11.2. The predicted octanol–water partition coefficient (Wildman–Crippen LogP) is 2.40. The standard InChI is InChI=1S/C17H21ClN4O/c18-14-4-1-3-13(11-14)12-21(10-7-19)17(23)15-5-2-9-22-16(15)6-8-20-22/h1,3-4,6,8,11,15H,2,5,7,9-10,12,19H2/t15-/m1/s1. The molecule has 0 saturated heterocycles. The van der Waals surface area contributed by atoms with E-state index < -0.39 is 0 Å². The minimum absolute atomic E-state index is 0.122. The number of nitrogens with zero attached hydrogens (tertiary/aromatic N) is 3. The fraction of sp³-hybridized carbons (Fsp3) is 0.412. The van der Waals surface area contributed by atoms with Crippen LogP contribution < -0.4 is 5.73 Å². The van der Waals surface area contributed by atoms with Crippen LogP contribution in [0.25, 0.3) is 0 Å². The van der Waals surface area contributed by atoms with E-state index in [4.69, 9.17) is 17.3 Å². The lowest BCUT2D eigenvalue weighted by atomic mass is 9.94. The highest BCUT2D eigenvalue weighted by Gasteiger charge is 2.30. The number of aromatic nitrogens is 2. The van der Waals surface area contributed by atoms with Crippen LogP contribution in [0.2, 0.25) is 5.02 Å². The van der Waals surface area contributed by atoms with Crippen molar-refractivity contribution in [2.75, 3.05) is 13.1 Å². The lowest BCUT2D eigenvalue weighted by Crippen LogP contribution is -2.39. The Bertz CT molecular complexity index is 685. The third-order valence-electron chi connectivity index (χ3n) is 4.24. The number of amides is 1. The fourth-order valence-electron chi connectivity index (χ4n) is 3.17. The van der Waals surface area contributed by atoms with Crippen LogP contribution >= 0.6 is 11.6 Å². The fourth-order valence-corrected chi connectivity index (χ4v) is 3.38. The molecular weight excluding hydrogens is 312 g/mol. The van der Waals surface area contributed by atoms with Crippen molar-refractivity contribution < 1.29 is 4.79 Å². The number of hydrogen-bond acceptors (Lipinski definition) is 3. The van der Waals surface area contributed by atoms with Crippen LogP contribution in [-0.2, 0) is 17.9 Å². The zero-order chi connectivity index (χ0) is 16.2. The van der Waals surface area contributed by atoms with E-state index in [-0.39, 0.29) is 11.8 Å². The number of carbonyl (C=O) groups excluding carboxylic acids is 1. The Morgan fingerprint density at radius 2 is 2.30 bits per heavy atom. The van der Waals surface area contributed by atoms with Gasteiger partial charge < -0.3 is 10.6 Å². The lowest BCUT2D eigenvalue weighted by molar-refractivity contribution is -0.134. The monoisotopic (exact) mass is 332 g/mol. The summed E-state index contributed by atoms with van der Waals surface area (Å²) in [5.74, 6) is -0.00569. The molecule has 5 nitrogen and oxygen atoms in total. The number of fused-ring (bicyclic) bond motifs is 1. The minimum Gasteiger partial charge on any atom is -0.337 e. The Balaban J connectivity index is 1.80. The smallest absolute Gasteiger partial charge is 0.232 e. The van der Waals surface area contributed by atoms with Crippen molar-refractivity contribution in [2.45, 2.75) is 31.8 Å². The summed E-state index contributed by atoms with van der Waals surface area (Å²) in [6.07, 6.45) is 3.60. The number of rotatable bonds is 5. The molecule has 2 aromatic rings. The summed E-state index contributed by atoms with van der Waals surface area (Å²) in [7, 11) is 0. The zero-order valence-electron chi connectivity index (χ0n) is 13.0. The maximum atomic E-state index is 13.0. The highest BCUT2D eigenvalue weighted by atomic mass is 35.5.